The van der Waals surface area contributed by atoms with Crippen LogP contribution in [-0.4, -0.2) is 27.8 Å². The Morgan fingerprint density at radius 1 is 1.00 bits per heavy atom. The van der Waals surface area contributed by atoms with Crippen LogP contribution in [0.3, 0.4) is 0 Å². The van der Waals surface area contributed by atoms with Crippen LogP contribution in [-0.2, 0) is 6.42 Å². The highest BCUT2D eigenvalue weighted by Gasteiger charge is 2.04. The molecule has 3 heteroatoms. The molecule has 1 rings (SSSR count). The summed E-state index contributed by atoms with van der Waals surface area (Å²) in [5.74, 6) is 1.87. The molecule has 0 atom stereocenters. The van der Waals surface area contributed by atoms with Crippen LogP contribution in [0.25, 0.3) is 0 Å². The molecule has 0 bridgehead atoms. The van der Waals surface area contributed by atoms with E-state index < -0.39 is 0 Å². The summed E-state index contributed by atoms with van der Waals surface area (Å²) in [7, 11) is 5.42. The molecular formula is C15H25NO2. The minimum Gasteiger partial charge on any atom is -0.497 e. The molecule has 0 radical (unpaired) electrons. The van der Waals surface area contributed by atoms with Crippen LogP contribution < -0.4 is 14.8 Å². The van der Waals surface area contributed by atoms with E-state index in [0.717, 1.165) is 24.5 Å². The Morgan fingerprint density at radius 2 is 1.78 bits per heavy atom. The summed E-state index contributed by atoms with van der Waals surface area (Å²) in [6.07, 6.45) is 6.06. The fourth-order valence-corrected chi connectivity index (χ4v) is 2.05. The molecule has 1 N–H and O–H groups in total. The Balaban J connectivity index is 2.39. The van der Waals surface area contributed by atoms with Gasteiger partial charge in [0.15, 0.2) is 0 Å². The molecule has 0 unspecified atom stereocenters. The Hall–Kier alpha value is -1.22. The first-order chi connectivity index (χ1) is 8.81. The molecule has 0 fully saturated rings. The molecule has 0 aromatic heterocycles. The van der Waals surface area contributed by atoms with E-state index in [4.69, 9.17) is 9.47 Å². The molecule has 0 aliphatic heterocycles. The van der Waals surface area contributed by atoms with Crippen molar-refractivity contribution >= 4 is 0 Å². The predicted octanol–water partition coefficient (Wildman–Crippen LogP) is 3.03. The summed E-state index contributed by atoms with van der Waals surface area (Å²) in [5.41, 5.74) is 1.24. The molecule has 18 heavy (non-hydrogen) atoms. The lowest BCUT2D eigenvalue weighted by Crippen LogP contribution is -2.06. The normalized spacial score (nSPS) is 10.4. The van der Waals surface area contributed by atoms with Gasteiger partial charge in [-0.15, -0.1) is 0 Å². The zero-order valence-electron chi connectivity index (χ0n) is 11.8. The minimum absolute atomic E-state index is 0.904. The minimum atomic E-state index is 0.904. The molecule has 3 nitrogen and oxygen atoms in total. The summed E-state index contributed by atoms with van der Waals surface area (Å²) >= 11 is 0. The van der Waals surface area contributed by atoms with Crippen molar-refractivity contribution in [1.82, 2.24) is 5.32 Å². The largest absolute Gasteiger partial charge is 0.497 e. The molecule has 0 spiro atoms. The third kappa shape index (κ3) is 4.96. The SMILES string of the molecule is CNCCCCCCc1cc(OC)ccc1OC. The van der Waals surface area contributed by atoms with Crippen LogP contribution >= 0.6 is 0 Å². The van der Waals surface area contributed by atoms with Gasteiger partial charge in [0.1, 0.15) is 11.5 Å². The van der Waals surface area contributed by atoms with Crippen molar-refractivity contribution in [2.75, 3.05) is 27.8 Å². The van der Waals surface area contributed by atoms with Gasteiger partial charge in [-0.2, -0.15) is 0 Å². The molecule has 0 heterocycles. The zero-order valence-corrected chi connectivity index (χ0v) is 11.8. The number of methoxy groups -OCH3 is 2. The van der Waals surface area contributed by atoms with Crippen molar-refractivity contribution in [3.8, 4) is 11.5 Å². The van der Waals surface area contributed by atoms with E-state index in [0.29, 0.717) is 0 Å². The van der Waals surface area contributed by atoms with Gasteiger partial charge < -0.3 is 14.8 Å². The van der Waals surface area contributed by atoms with Gasteiger partial charge >= 0.3 is 0 Å². The summed E-state index contributed by atoms with van der Waals surface area (Å²) in [6.45, 7) is 1.11. The predicted molar refractivity (Wildman–Crippen MR) is 75.6 cm³/mol. The first-order valence-electron chi connectivity index (χ1n) is 6.67. The van der Waals surface area contributed by atoms with E-state index in [-0.39, 0.29) is 0 Å². The standard InChI is InChI=1S/C15H25NO2/c1-16-11-7-5-4-6-8-13-12-14(17-2)9-10-15(13)18-3/h9-10,12,16H,4-8,11H2,1-3H3. The van der Waals surface area contributed by atoms with Crippen molar-refractivity contribution in [1.29, 1.82) is 0 Å². The zero-order chi connectivity index (χ0) is 13.2. The number of unbranched alkanes of at least 4 members (excludes halogenated alkanes) is 3. The van der Waals surface area contributed by atoms with Gasteiger partial charge in [-0.05, 0) is 56.6 Å². The van der Waals surface area contributed by atoms with Crippen LogP contribution in [0.1, 0.15) is 31.2 Å². The Morgan fingerprint density at radius 3 is 2.44 bits per heavy atom. The quantitative estimate of drug-likeness (QED) is 0.684. The van der Waals surface area contributed by atoms with Crippen molar-refractivity contribution < 1.29 is 9.47 Å². The summed E-state index contributed by atoms with van der Waals surface area (Å²) < 4.78 is 10.6. The molecule has 0 saturated heterocycles. The second-order valence-electron chi connectivity index (χ2n) is 4.45. The van der Waals surface area contributed by atoms with Gasteiger partial charge in [0.2, 0.25) is 0 Å². The van der Waals surface area contributed by atoms with Crippen molar-refractivity contribution in [2.45, 2.75) is 32.1 Å². The fourth-order valence-electron chi connectivity index (χ4n) is 2.05. The fraction of sp³-hybridized carbons (Fsp3) is 0.600. The molecule has 0 saturated carbocycles. The third-order valence-corrected chi connectivity index (χ3v) is 3.11. The second-order valence-corrected chi connectivity index (χ2v) is 4.45. The number of benzene rings is 1. The number of aryl methyl sites for hydroxylation is 1. The first-order valence-corrected chi connectivity index (χ1v) is 6.67. The average Bonchev–Trinajstić information content (AvgIpc) is 2.42. The molecular weight excluding hydrogens is 226 g/mol. The highest BCUT2D eigenvalue weighted by Crippen LogP contribution is 2.25. The van der Waals surface area contributed by atoms with Gasteiger partial charge in [-0.1, -0.05) is 12.8 Å². The Bertz CT molecular complexity index is 339. The number of hydrogen-bond donors (Lipinski definition) is 1. The maximum absolute atomic E-state index is 5.37. The first kappa shape index (κ1) is 14.8. The van der Waals surface area contributed by atoms with Crippen molar-refractivity contribution in [2.24, 2.45) is 0 Å². The molecule has 0 amide bonds. The van der Waals surface area contributed by atoms with Crippen LogP contribution in [0.2, 0.25) is 0 Å². The van der Waals surface area contributed by atoms with E-state index in [1.54, 1.807) is 14.2 Å². The van der Waals surface area contributed by atoms with E-state index >= 15 is 0 Å². The van der Waals surface area contributed by atoms with Gasteiger partial charge in [0, 0.05) is 0 Å². The number of rotatable bonds is 9. The van der Waals surface area contributed by atoms with Crippen LogP contribution in [0.5, 0.6) is 11.5 Å². The highest BCUT2D eigenvalue weighted by molar-refractivity contribution is 5.40. The third-order valence-electron chi connectivity index (χ3n) is 3.11. The summed E-state index contributed by atoms with van der Waals surface area (Å²) in [5, 5.41) is 3.17. The van der Waals surface area contributed by atoms with Crippen molar-refractivity contribution in [3.05, 3.63) is 23.8 Å². The lowest BCUT2D eigenvalue weighted by Gasteiger charge is -2.10. The average molecular weight is 251 g/mol. The lowest BCUT2D eigenvalue weighted by molar-refractivity contribution is 0.398. The van der Waals surface area contributed by atoms with Crippen molar-refractivity contribution in [3.63, 3.8) is 0 Å². The molecule has 0 aliphatic carbocycles. The molecule has 102 valence electrons. The second kappa shape index (κ2) is 8.81. The van der Waals surface area contributed by atoms with E-state index in [2.05, 4.69) is 11.4 Å². The van der Waals surface area contributed by atoms with Crippen LogP contribution in [0.4, 0.5) is 0 Å². The monoisotopic (exact) mass is 251 g/mol. The molecule has 0 aliphatic rings. The maximum atomic E-state index is 5.37. The number of ether oxygens (including phenoxy) is 2. The summed E-state index contributed by atoms with van der Waals surface area (Å²) in [6, 6.07) is 6.00. The Labute approximate surface area is 110 Å². The summed E-state index contributed by atoms with van der Waals surface area (Å²) in [4.78, 5) is 0. The van der Waals surface area contributed by atoms with Gasteiger partial charge in [-0.25, -0.2) is 0 Å². The number of hydrogen-bond acceptors (Lipinski definition) is 3. The lowest BCUT2D eigenvalue weighted by atomic mass is 10.0. The van der Waals surface area contributed by atoms with E-state index in [9.17, 15) is 0 Å². The van der Waals surface area contributed by atoms with Gasteiger partial charge in [-0.3, -0.25) is 0 Å². The maximum Gasteiger partial charge on any atom is 0.122 e. The molecule has 1 aromatic carbocycles. The smallest absolute Gasteiger partial charge is 0.122 e. The van der Waals surface area contributed by atoms with E-state index in [1.807, 2.05) is 19.2 Å². The van der Waals surface area contributed by atoms with E-state index in [1.165, 1.54) is 31.2 Å². The Kier molecular flexibility index (Phi) is 7.26. The molecule has 1 aromatic rings. The van der Waals surface area contributed by atoms with Gasteiger partial charge in [0.25, 0.3) is 0 Å². The highest BCUT2D eigenvalue weighted by atomic mass is 16.5. The number of nitrogens with one attached hydrogen (secondary N) is 1. The van der Waals surface area contributed by atoms with Crippen LogP contribution in [0, 0.1) is 0 Å². The van der Waals surface area contributed by atoms with Crippen LogP contribution in [0.15, 0.2) is 18.2 Å². The van der Waals surface area contributed by atoms with Gasteiger partial charge in [0.05, 0.1) is 14.2 Å². The topological polar surface area (TPSA) is 30.5 Å².